The third-order valence-electron chi connectivity index (χ3n) is 5.17. The Labute approximate surface area is 180 Å². The van der Waals surface area contributed by atoms with E-state index >= 15 is 0 Å². The van der Waals surface area contributed by atoms with E-state index in [4.69, 9.17) is 9.72 Å². The summed E-state index contributed by atoms with van der Waals surface area (Å²) in [6.45, 7) is 1.99. The smallest absolute Gasteiger partial charge is 0.255 e. The Hall–Kier alpha value is -3.93. The largest absolute Gasteiger partial charge is 0.496 e. The molecule has 6 nitrogen and oxygen atoms in total. The number of aromatic nitrogens is 2. The van der Waals surface area contributed by atoms with E-state index in [0.717, 1.165) is 11.0 Å². The Bertz CT molecular complexity index is 1230. The second-order valence-electron chi connectivity index (χ2n) is 7.23. The summed E-state index contributed by atoms with van der Waals surface area (Å²) in [4.78, 5) is 30.5. The molecule has 156 valence electrons. The molecule has 1 heterocycles. The minimum absolute atomic E-state index is 0.0201. The molecule has 0 radical (unpaired) electrons. The lowest BCUT2D eigenvalue weighted by Crippen LogP contribution is -2.29. The fourth-order valence-electron chi connectivity index (χ4n) is 3.62. The maximum atomic E-state index is 12.9. The average Bonchev–Trinajstić information content (AvgIpc) is 3.18. The molecule has 1 unspecified atom stereocenters. The van der Waals surface area contributed by atoms with Crippen LogP contribution in [0.2, 0.25) is 0 Å². The normalized spacial score (nSPS) is 11.8. The number of para-hydroxylation sites is 3. The molecular weight excluding hydrogens is 390 g/mol. The highest BCUT2D eigenvalue weighted by Gasteiger charge is 2.22. The third-order valence-corrected chi connectivity index (χ3v) is 5.17. The van der Waals surface area contributed by atoms with Gasteiger partial charge in [-0.25, -0.2) is 4.98 Å². The van der Waals surface area contributed by atoms with Crippen molar-refractivity contribution in [2.24, 2.45) is 0 Å². The van der Waals surface area contributed by atoms with E-state index in [9.17, 15) is 9.59 Å². The van der Waals surface area contributed by atoms with Gasteiger partial charge in [0.05, 0.1) is 36.3 Å². The number of ether oxygens (including phenoxy) is 1. The van der Waals surface area contributed by atoms with Crippen molar-refractivity contribution in [1.29, 1.82) is 0 Å². The fraction of sp³-hybridized carbons (Fsp3) is 0.160. The highest BCUT2D eigenvalue weighted by atomic mass is 16.5. The lowest BCUT2D eigenvalue weighted by atomic mass is 10.1. The highest BCUT2D eigenvalue weighted by Crippen LogP contribution is 2.23. The van der Waals surface area contributed by atoms with E-state index in [2.05, 4.69) is 5.32 Å². The number of ketones is 1. The molecule has 0 saturated carbocycles. The number of imidazole rings is 1. The summed E-state index contributed by atoms with van der Waals surface area (Å²) in [7, 11) is 1.53. The van der Waals surface area contributed by atoms with Crippen molar-refractivity contribution < 1.29 is 14.3 Å². The predicted molar refractivity (Wildman–Crippen MR) is 119 cm³/mol. The standard InChI is InChI=1S/C25H23N3O3/c1-17(26-25(30)19-12-6-9-15-23(19)31-2)24-27-20-13-7-8-14-21(20)28(24)16-22(29)18-10-4-3-5-11-18/h3-15,17H,16H2,1-2H3,(H,26,30). The molecule has 0 aliphatic heterocycles. The zero-order valence-corrected chi connectivity index (χ0v) is 17.4. The first-order chi connectivity index (χ1) is 15.1. The second-order valence-corrected chi connectivity index (χ2v) is 7.23. The number of rotatable bonds is 7. The van der Waals surface area contributed by atoms with Crippen LogP contribution in [-0.2, 0) is 6.54 Å². The Morgan fingerprint density at radius 3 is 2.42 bits per heavy atom. The maximum absolute atomic E-state index is 12.9. The van der Waals surface area contributed by atoms with Crippen molar-refractivity contribution in [2.45, 2.75) is 19.5 Å². The van der Waals surface area contributed by atoms with Crippen LogP contribution in [0.15, 0.2) is 78.9 Å². The quantitative estimate of drug-likeness (QED) is 0.455. The fourth-order valence-corrected chi connectivity index (χ4v) is 3.62. The number of amides is 1. The number of nitrogens with zero attached hydrogens (tertiary/aromatic N) is 2. The molecule has 3 aromatic carbocycles. The number of hydrogen-bond acceptors (Lipinski definition) is 4. The van der Waals surface area contributed by atoms with Crippen LogP contribution in [-0.4, -0.2) is 28.4 Å². The molecule has 6 heteroatoms. The van der Waals surface area contributed by atoms with Crippen LogP contribution >= 0.6 is 0 Å². The van der Waals surface area contributed by atoms with E-state index in [1.165, 1.54) is 7.11 Å². The molecule has 31 heavy (non-hydrogen) atoms. The molecule has 4 rings (SSSR count). The van der Waals surface area contributed by atoms with Gasteiger partial charge < -0.3 is 14.6 Å². The summed E-state index contributed by atoms with van der Waals surface area (Å²) in [5, 5.41) is 2.99. The van der Waals surface area contributed by atoms with Crippen molar-refractivity contribution in [2.75, 3.05) is 7.11 Å². The van der Waals surface area contributed by atoms with Gasteiger partial charge in [0.25, 0.3) is 5.91 Å². The van der Waals surface area contributed by atoms with Gasteiger partial charge in [0, 0.05) is 5.56 Å². The molecule has 1 aromatic heterocycles. The van der Waals surface area contributed by atoms with E-state index in [1.54, 1.807) is 30.3 Å². The number of nitrogens with one attached hydrogen (secondary N) is 1. The number of carbonyl (C=O) groups is 2. The zero-order chi connectivity index (χ0) is 21.8. The van der Waals surface area contributed by atoms with Crippen molar-refractivity contribution in [3.63, 3.8) is 0 Å². The Balaban J connectivity index is 1.66. The maximum Gasteiger partial charge on any atom is 0.255 e. The summed E-state index contributed by atoms with van der Waals surface area (Å²) < 4.78 is 7.17. The van der Waals surface area contributed by atoms with E-state index in [1.807, 2.05) is 60.0 Å². The van der Waals surface area contributed by atoms with Crippen molar-refractivity contribution >= 4 is 22.7 Å². The first-order valence-electron chi connectivity index (χ1n) is 10.1. The van der Waals surface area contributed by atoms with Crippen molar-refractivity contribution in [1.82, 2.24) is 14.9 Å². The molecule has 0 fully saturated rings. The molecule has 4 aromatic rings. The molecule has 0 aliphatic carbocycles. The number of Topliss-reactive ketones (excluding diaryl/α,β-unsaturated/α-hetero) is 1. The molecule has 0 spiro atoms. The Morgan fingerprint density at radius 1 is 0.968 bits per heavy atom. The van der Waals surface area contributed by atoms with Gasteiger partial charge in [-0.1, -0.05) is 54.6 Å². The second kappa shape index (κ2) is 8.83. The van der Waals surface area contributed by atoms with Crippen LogP contribution in [0.4, 0.5) is 0 Å². The van der Waals surface area contributed by atoms with Crippen LogP contribution in [0.5, 0.6) is 5.75 Å². The third kappa shape index (κ3) is 4.19. The van der Waals surface area contributed by atoms with Gasteiger partial charge in [-0.05, 0) is 31.2 Å². The van der Waals surface area contributed by atoms with Crippen LogP contribution in [0.1, 0.15) is 39.5 Å². The number of carbonyl (C=O) groups excluding carboxylic acids is 2. The summed E-state index contributed by atoms with van der Waals surface area (Å²) >= 11 is 0. The van der Waals surface area contributed by atoms with Gasteiger partial charge in [0.1, 0.15) is 11.6 Å². The van der Waals surface area contributed by atoms with Gasteiger partial charge in [0.15, 0.2) is 5.78 Å². The molecule has 0 saturated heterocycles. The number of fused-ring (bicyclic) bond motifs is 1. The van der Waals surface area contributed by atoms with E-state index in [0.29, 0.717) is 22.7 Å². The first kappa shape index (κ1) is 20.3. The average molecular weight is 413 g/mol. The predicted octanol–water partition coefficient (Wildman–Crippen LogP) is 4.42. The number of benzene rings is 3. The van der Waals surface area contributed by atoms with Gasteiger partial charge >= 0.3 is 0 Å². The number of hydrogen-bond donors (Lipinski definition) is 1. The molecule has 1 N–H and O–H groups in total. The molecule has 0 aliphatic rings. The SMILES string of the molecule is COc1ccccc1C(=O)NC(C)c1nc2ccccc2n1CC(=O)c1ccccc1. The van der Waals surface area contributed by atoms with Gasteiger partial charge in [-0.3, -0.25) is 9.59 Å². The summed E-state index contributed by atoms with van der Waals surface area (Å²) in [5.41, 5.74) is 2.70. The van der Waals surface area contributed by atoms with Crippen LogP contribution in [0.25, 0.3) is 11.0 Å². The van der Waals surface area contributed by atoms with Crippen LogP contribution in [0.3, 0.4) is 0 Å². The van der Waals surface area contributed by atoms with Gasteiger partial charge in [-0.15, -0.1) is 0 Å². The molecule has 1 atom stereocenters. The van der Waals surface area contributed by atoms with Gasteiger partial charge in [-0.2, -0.15) is 0 Å². The zero-order valence-electron chi connectivity index (χ0n) is 17.4. The Morgan fingerprint density at radius 2 is 1.65 bits per heavy atom. The van der Waals surface area contributed by atoms with E-state index < -0.39 is 6.04 Å². The highest BCUT2D eigenvalue weighted by molar-refractivity contribution is 5.98. The van der Waals surface area contributed by atoms with Gasteiger partial charge in [0.2, 0.25) is 0 Å². The monoisotopic (exact) mass is 413 g/mol. The minimum Gasteiger partial charge on any atom is -0.496 e. The first-order valence-corrected chi connectivity index (χ1v) is 10.1. The molecule has 1 amide bonds. The van der Waals surface area contributed by atoms with Crippen molar-refractivity contribution in [3.05, 3.63) is 95.8 Å². The summed E-state index contributed by atoms with van der Waals surface area (Å²) in [6, 6.07) is 23.4. The van der Waals surface area contributed by atoms with Crippen LogP contribution in [0, 0.1) is 0 Å². The molecule has 0 bridgehead atoms. The molecular formula is C25H23N3O3. The number of methoxy groups -OCH3 is 1. The van der Waals surface area contributed by atoms with E-state index in [-0.39, 0.29) is 18.2 Å². The lowest BCUT2D eigenvalue weighted by Gasteiger charge is -2.17. The van der Waals surface area contributed by atoms with Crippen molar-refractivity contribution in [3.8, 4) is 5.75 Å². The summed E-state index contributed by atoms with van der Waals surface area (Å²) in [5.74, 6) is 0.833. The Kier molecular flexibility index (Phi) is 5.80. The topological polar surface area (TPSA) is 73.2 Å². The van der Waals surface area contributed by atoms with Crippen LogP contribution < -0.4 is 10.1 Å². The minimum atomic E-state index is -0.423. The lowest BCUT2D eigenvalue weighted by molar-refractivity contribution is 0.0934. The summed E-state index contributed by atoms with van der Waals surface area (Å²) in [6.07, 6.45) is 0.